The lowest BCUT2D eigenvalue weighted by atomic mass is 10.1. The Bertz CT molecular complexity index is 1330. The monoisotopic (exact) mass is 542 g/mol. The Morgan fingerprint density at radius 3 is 2.42 bits per heavy atom. The van der Waals surface area contributed by atoms with Crippen LogP contribution in [0.2, 0.25) is 10.0 Å². The third-order valence-corrected chi connectivity index (χ3v) is 6.77. The highest BCUT2D eigenvalue weighted by atomic mass is 35.5. The van der Waals surface area contributed by atoms with Crippen molar-refractivity contribution in [1.29, 1.82) is 0 Å². The molecule has 7 nitrogen and oxygen atoms in total. The number of methoxy groups -OCH3 is 1. The van der Waals surface area contributed by atoms with E-state index in [0.717, 1.165) is 16.7 Å². The summed E-state index contributed by atoms with van der Waals surface area (Å²) in [6.45, 7) is -0.240. The molecule has 10 heteroatoms. The Morgan fingerprint density at radius 1 is 1.00 bits per heavy atom. The van der Waals surface area contributed by atoms with Gasteiger partial charge in [0.25, 0.3) is 17.1 Å². The number of para-hydroxylation sites is 1. The van der Waals surface area contributed by atoms with Crippen molar-refractivity contribution in [2.75, 3.05) is 19.0 Å². The molecular weight excluding hydrogens is 523 g/mol. The summed E-state index contributed by atoms with van der Waals surface area (Å²) in [4.78, 5) is 39.0. The van der Waals surface area contributed by atoms with Gasteiger partial charge in [0.05, 0.1) is 18.6 Å². The van der Waals surface area contributed by atoms with Gasteiger partial charge in [0.15, 0.2) is 18.1 Å². The Kier molecular flexibility index (Phi) is 8.20. The van der Waals surface area contributed by atoms with Gasteiger partial charge in [0.2, 0.25) is 0 Å². The topological polar surface area (TPSA) is 84.9 Å². The average molecular weight is 543 g/mol. The molecule has 0 saturated carbocycles. The second-order valence-electron chi connectivity index (χ2n) is 7.58. The number of carbonyl (C=O) groups is 3. The summed E-state index contributed by atoms with van der Waals surface area (Å²) < 4.78 is 11.0. The fourth-order valence-corrected chi connectivity index (χ4v) is 4.74. The average Bonchev–Trinajstić information content (AvgIpc) is 3.13. The first-order valence-corrected chi connectivity index (χ1v) is 12.3. The van der Waals surface area contributed by atoms with E-state index in [1.54, 1.807) is 54.6 Å². The summed E-state index contributed by atoms with van der Waals surface area (Å²) in [5, 5.41) is 3.08. The third kappa shape index (κ3) is 6.02. The van der Waals surface area contributed by atoms with Gasteiger partial charge in [-0.2, -0.15) is 0 Å². The molecule has 0 atom stereocenters. The number of halogens is 2. The first-order chi connectivity index (χ1) is 17.4. The number of hydrogen-bond acceptors (Lipinski definition) is 6. The first-order valence-electron chi connectivity index (χ1n) is 10.7. The van der Waals surface area contributed by atoms with Gasteiger partial charge < -0.3 is 14.8 Å². The quantitative estimate of drug-likeness (QED) is 0.338. The molecule has 3 aromatic rings. The maximum atomic E-state index is 12.9. The van der Waals surface area contributed by atoms with Crippen LogP contribution in [0.15, 0.2) is 71.6 Å². The zero-order chi connectivity index (χ0) is 25.7. The van der Waals surface area contributed by atoms with Gasteiger partial charge in [0.1, 0.15) is 0 Å². The molecule has 1 heterocycles. The standard InChI is InChI=1S/C26H20Cl2N2O5S/c1-34-22-12-16(10-11-21(22)35-15-24(31)29-17-6-3-2-4-7-17)13-23-25(32)30(26(33)36-23)14-18-19(27)8-5-9-20(18)28/h2-13H,14-15H2,1H3,(H,29,31)/b23-13+. The molecule has 1 aliphatic rings. The van der Waals surface area contributed by atoms with Crippen LogP contribution in [0.3, 0.4) is 0 Å². The van der Waals surface area contributed by atoms with Crippen molar-refractivity contribution in [2.24, 2.45) is 0 Å². The van der Waals surface area contributed by atoms with Crippen molar-refractivity contribution in [3.63, 3.8) is 0 Å². The summed E-state index contributed by atoms with van der Waals surface area (Å²) in [5.41, 5.74) is 1.79. The molecule has 4 rings (SSSR count). The molecule has 1 fully saturated rings. The third-order valence-electron chi connectivity index (χ3n) is 5.15. The lowest BCUT2D eigenvalue weighted by Crippen LogP contribution is -2.27. The normalized spacial score (nSPS) is 14.3. The maximum absolute atomic E-state index is 12.9. The van der Waals surface area contributed by atoms with Crippen LogP contribution in [0.4, 0.5) is 10.5 Å². The number of rotatable bonds is 8. The van der Waals surface area contributed by atoms with Crippen LogP contribution in [0.5, 0.6) is 11.5 Å². The summed E-state index contributed by atoms with van der Waals surface area (Å²) in [6, 6.07) is 19.0. The van der Waals surface area contributed by atoms with E-state index in [1.807, 2.05) is 18.2 Å². The van der Waals surface area contributed by atoms with Gasteiger partial charge in [-0.1, -0.05) is 53.5 Å². The second-order valence-corrected chi connectivity index (χ2v) is 9.39. The van der Waals surface area contributed by atoms with Gasteiger partial charge in [-0.3, -0.25) is 19.3 Å². The van der Waals surface area contributed by atoms with Crippen LogP contribution in [0.25, 0.3) is 6.08 Å². The molecule has 36 heavy (non-hydrogen) atoms. The van der Waals surface area contributed by atoms with E-state index in [9.17, 15) is 14.4 Å². The number of benzene rings is 3. The van der Waals surface area contributed by atoms with Gasteiger partial charge in [-0.05, 0) is 59.8 Å². The second kappa shape index (κ2) is 11.5. The molecule has 0 unspecified atom stereocenters. The number of nitrogens with one attached hydrogen (secondary N) is 1. The van der Waals surface area contributed by atoms with Gasteiger partial charge in [0, 0.05) is 21.3 Å². The predicted octanol–water partition coefficient (Wildman–Crippen LogP) is 6.26. The minimum atomic E-state index is -0.446. The molecule has 1 aliphatic heterocycles. The smallest absolute Gasteiger partial charge is 0.293 e. The van der Waals surface area contributed by atoms with Gasteiger partial charge in [-0.15, -0.1) is 0 Å². The molecule has 1 N–H and O–H groups in total. The van der Waals surface area contributed by atoms with Crippen molar-refractivity contribution in [3.05, 3.63) is 92.8 Å². The molecule has 0 radical (unpaired) electrons. The number of thioether (sulfide) groups is 1. The number of carbonyl (C=O) groups excluding carboxylic acids is 3. The van der Waals surface area contributed by atoms with E-state index < -0.39 is 11.1 Å². The van der Waals surface area contributed by atoms with Crippen LogP contribution in [-0.4, -0.2) is 35.7 Å². The maximum Gasteiger partial charge on any atom is 0.293 e. The van der Waals surface area contributed by atoms with E-state index in [2.05, 4.69) is 5.32 Å². The van der Waals surface area contributed by atoms with Crippen LogP contribution in [0.1, 0.15) is 11.1 Å². The minimum Gasteiger partial charge on any atom is -0.493 e. The number of ether oxygens (including phenoxy) is 2. The Labute approximate surface area is 222 Å². The van der Waals surface area contributed by atoms with E-state index >= 15 is 0 Å². The Balaban J connectivity index is 1.44. The highest BCUT2D eigenvalue weighted by molar-refractivity contribution is 8.18. The molecular formula is C26H20Cl2N2O5S. The van der Waals surface area contributed by atoms with Crippen molar-refractivity contribution >= 4 is 63.8 Å². The van der Waals surface area contributed by atoms with Crippen molar-refractivity contribution in [1.82, 2.24) is 4.90 Å². The number of hydrogen-bond donors (Lipinski definition) is 1. The Morgan fingerprint density at radius 2 is 1.72 bits per heavy atom. The molecule has 1 saturated heterocycles. The highest BCUT2D eigenvalue weighted by Crippen LogP contribution is 2.37. The molecule has 0 bridgehead atoms. The number of amides is 3. The molecule has 0 aromatic heterocycles. The SMILES string of the molecule is COc1cc(/C=C2/SC(=O)N(Cc3c(Cl)cccc3Cl)C2=O)ccc1OCC(=O)Nc1ccccc1. The fraction of sp³-hybridized carbons (Fsp3) is 0.115. The molecule has 3 amide bonds. The van der Waals surface area contributed by atoms with Crippen LogP contribution >= 0.6 is 35.0 Å². The van der Waals surface area contributed by atoms with Gasteiger partial charge in [-0.25, -0.2) is 0 Å². The van der Waals surface area contributed by atoms with E-state index in [1.165, 1.54) is 7.11 Å². The first kappa shape index (κ1) is 25.6. The van der Waals surface area contributed by atoms with Gasteiger partial charge >= 0.3 is 0 Å². The van der Waals surface area contributed by atoms with Crippen molar-refractivity contribution < 1.29 is 23.9 Å². The summed E-state index contributed by atoms with van der Waals surface area (Å²) in [6.07, 6.45) is 1.59. The lowest BCUT2D eigenvalue weighted by Gasteiger charge is -2.14. The molecule has 0 spiro atoms. The minimum absolute atomic E-state index is 0.0261. The number of nitrogens with zero attached hydrogens (tertiary/aromatic N) is 1. The van der Waals surface area contributed by atoms with Crippen molar-refractivity contribution in [3.8, 4) is 11.5 Å². The van der Waals surface area contributed by atoms with Crippen LogP contribution < -0.4 is 14.8 Å². The molecule has 0 aliphatic carbocycles. The number of imide groups is 1. The number of anilines is 1. The lowest BCUT2D eigenvalue weighted by molar-refractivity contribution is -0.123. The molecule has 3 aromatic carbocycles. The summed E-state index contributed by atoms with van der Waals surface area (Å²) in [7, 11) is 1.47. The largest absolute Gasteiger partial charge is 0.493 e. The van der Waals surface area contributed by atoms with E-state index in [0.29, 0.717) is 38.4 Å². The zero-order valence-electron chi connectivity index (χ0n) is 19.0. The summed E-state index contributed by atoms with van der Waals surface area (Å²) in [5.74, 6) is -0.0323. The van der Waals surface area contributed by atoms with Crippen molar-refractivity contribution in [2.45, 2.75) is 6.54 Å². The van der Waals surface area contributed by atoms with E-state index in [-0.39, 0.29) is 24.0 Å². The summed E-state index contributed by atoms with van der Waals surface area (Å²) >= 11 is 13.2. The van der Waals surface area contributed by atoms with Crippen LogP contribution in [-0.2, 0) is 16.1 Å². The highest BCUT2D eigenvalue weighted by Gasteiger charge is 2.35. The Hall–Kier alpha value is -3.46. The van der Waals surface area contributed by atoms with E-state index in [4.69, 9.17) is 32.7 Å². The fourth-order valence-electron chi connectivity index (χ4n) is 3.38. The molecule has 184 valence electrons. The van der Waals surface area contributed by atoms with Crippen LogP contribution in [0, 0.1) is 0 Å². The zero-order valence-corrected chi connectivity index (χ0v) is 21.3. The predicted molar refractivity (Wildman–Crippen MR) is 142 cm³/mol.